The van der Waals surface area contributed by atoms with Crippen LogP contribution in [-0.4, -0.2) is 40.7 Å². The zero-order valence-corrected chi connectivity index (χ0v) is 21.1. The van der Waals surface area contributed by atoms with E-state index in [-0.39, 0.29) is 24.2 Å². The molecule has 1 unspecified atom stereocenters. The predicted molar refractivity (Wildman–Crippen MR) is 135 cm³/mol. The van der Waals surface area contributed by atoms with Crippen LogP contribution in [0.5, 0.6) is 5.75 Å². The summed E-state index contributed by atoms with van der Waals surface area (Å²) in [6.45, 7) is 9.99. The molecule has 0 fully saturated rings. The van der Waals surface area contributed by atoms with Crippen molar-refractivity contribution < 1.29 is 29.3 Å². The van der Waals surface area contributed by atoms with E-state index >= 15 is 0 Å². The molecule has 0 saturated heterocycles. The molecule has 1 amide bonds. The van der Waals surface area contributed by atoms with Crippen molar-refractivity contribution >= 4 is 29.6 Å². The van der Waals surface area contributed by atoms with E-state index in [0.717, 1.165) is 11.6 Å². The Morgan fingerprint density at radius 3 is 2.37 bits per heavy atom. The zero-order valence-electron chi connectivity index (χ0n) is 21.1. The molecule has 7 heteroatoms. The summed E-state index contributed by atoms with van der Waals surface area (Å²) in [5.41, 5.74) is 1.24. The van der Waals surface area contributed by atoms with Crippen LogP contribution in [0.25, 0.3) is 6.08 Å². The van der Waals surface area contributed by atoms with Crippen molar-refractivity contribution in [3.8, 4) is 5.75 Å². The van der Waals surface area contributed by atoms with E-state index in [9.17, 15) is 19.5 Å². The van der Waals surface area contributed by atoms with E-state index in [1.54, 1.807) is 37.4 Å². The summed E-state index contributed by atoms with van der Waals surface area (Å²) in [5, 5.41) is 19.6. The maximum Gasteiger partial charge on any atom is 0.330 e. The van der Waals surface area contributed by atoms with Crippen LogP contribution in [0, 0.1) is 5.92 Å². The Morgan fingerprint density at radius 2 is 1.83 bits per heavy atom. The topological polar surface area (TPSA) is 104 Å². The highest BCUT2D eigenvalue weighted by molar-refractivity contribution is 6.13. The smallest absolute Gasteiger partial charge is 0.330 e. The van der Waals surface area contributed by atoms with Gasteiger partial charge in [-0.1, -0.05) is 52.8 Å². The molecule has 3 rings (SSSR count). The van der Waals surface area contributed by atoms with Gasteiger partial charge in [-0.2, -0.15) is 0 Å². The van der Waals surface area contributed by atoms with Crippen LogP contribution < -0.4 is 9.64 Å². The van der Waals surface area contributed by atoms with Crippen molar-refractivity contribution in [1.29, 1.82) is 0 Å². The number of anilines is 1. The number of amides is 1. The number of nitrogens with zero attached hydrogens (tertiary/aromatic N) is 1. The Hall–Kier alpha value is -3.61. The van der Waals surface area contributed by atoms with Crippen molar-refractivity contribution in [2.75, 3.05) is 12.0 Å². The Kier molecular flexibility index (Phi) is 7.11. The maximum atomic E-state index is 14.0. The third-order valence-electron chi connectivity index (χ3n) is 6.33. The molecule has 2 aromatic carbocycles. The molecular weight excluding hydrogens is 446 g/mol. The third-order valence-corrected chi connectivity index (χ3v) is 6.33. The number of methoxy groups -OCH3 is 1. The number of fused-ring (bicyclic) bond motifs is 1. The summed E-state index contributed by atoms with van der Waals surface area (Å²) >= 11 is 0. The minimum absolute atomic E-state index is 0.00785. The van der Waals surface area contributed by atoms with Crippen LogP contribution in [0.2, 0.25) is 0 Å². The highest BCUT2D eigenvalue weighted by Crippen LogP contribution is 2.45. The average molecular weight is 480 g/mol. The van der Waals surface area contributed by atoms with Gasteiger partial charge in [-0.3, -0.25) is 9.69 Å². The van der Waals surface area contributed by atoms with E-state index < -0.39 is 23.4 Å². The van der Waals surface area contributed by atoms with Gasteiger partial charge in [0.05, 0.1) is 7.11 Å². The molecule has 0 radical (unpaired) electrons. The minimum atomic E-state index is -1.50. The number of rotatable bonds is 7. The molecule has 2 aromatic rings. The van der Waals surface area contributed by atoms with Gasteiger partial charge in [0.15, 0.2) is 0 Å². The summed E-state index contributed by atoms with van der Waals surface area (Å²) in [5.74, 6) is -2.09. The first kappa shape index (κ1) is 26.0. The molecule has 186 valence electrons. The fraction of sp³-hybridized carbons (Fsp3) is 0.393. The van der Waals surface area contributed by atoms with Gasteiger partial charge >= 0.3 is 11.9 Å². The fourth-order valence-electron chi connectivity index (χ4n) is 4.89. The monoisotopic (exact) mass is 479 g/mol. The Bertz CT molecular complexity index is 1190. The van der Waals surface area contributed by atoms with Crippen LogP contribution in [-0.2, 0) is 21.4 Å². The largest absolute Gasteiger partial charge is 0.496 e. The number of carbonyl (C=O) groups is 3. The summed E-state index contributed by atoms with van der Waals surface area (Å²) in [4.78, 5) is 39.3. The lowest BCUT2D eigenvalue weighted by molar-refractivity contribution is -0.143. The fourth-order valence-corrected chi connectivity index (χ4v) is 4.89. The molecule has 1 atom stereocenters. The molecule has 2 N–H and O–H groups in total. The first-order valence-corrected chi connectivity index (χ1v) is 11.6. The van der Waals surface area contributed by atoms with Crippen molar-refractivity contribution in [3.63, 3.8) is 0 Å². The third kappa shape index (κ3) is 4.94. The van der Waals surface area contributed by atoms with Crippen LogP contribution in [0.4, 0.5) is 5.69 Å². The van der Waals surface area contributed by atoms with Gasteiger partial charge < -0.3 is 14.9 Å². The molecule has 1 heterocycles. The Labute approximate surface area is 206 Å². The van der Waals surface area contributed by atoms with E-state index in [1.165, 1.54) is 11.0 Å². The summed E-state index contributed by atoms with van der Waals surface area (Å²) in [6.07, 6.45) is 2.78. The Morgan fingerprint density at radius 1 is 1.14 bits per heavy atom. The van der Waals surface area contributed by atoms with E-state index in [1.807, 2.05) is 40.7 Å². The highest BCUT2D eigenvalue weighted by atomic mass is 16.5. The van der Waals surface area contributed by atoms with Gasteiger partial charge in [-0.05, 0) is 58.7 Å². The summed E-state index contributed by atoms with van der Waals surface area (Å²) in [6, 6.07) is 10.4. The van der Waals surface area contributed by atoms with Gasteiger partial charge in [-0.25, -0.2) is 9.59 Å². The lowest BCUT2D eigenvalue weighted by Gasteiger charge is -2.36. The number of aliphatic carboxylic acids is 2. The number of ether oxygens (including phenoxy) is 1. The van der Waals surface area contributed by atoms with Crippen molar-refractivity contribution in [2.24, 2.45) is 5.92 Å². The van der Waals surface area contributed by atoms with Crippen LogP contribution in [0.1, 0.15) is 68.1 Å². The standard InChI is InChI=1S/C28H33NO6/c1-17(2)15-28(26(33)34)16-20-18(11-13-24(30)31)8-7-9-22(20)29(28)25(32)19-10-12-21(27(3,4)5)23(14-19)35-6/h7-14,17H,15-16H2,1-6H3,(H,30,31)(H,33,34)/b13-11+. The molecule has 0 saturated carbocycles. The number of benzene rings is 2. The molecule has 0 aliphatic carbocycles. The lowest BCUT2D eigenvalue weighted by atomic mass is 9.83. The van der Waals surface area contributed by atoms with Crippen LogP contribution in [0.15, 0.2) is 42.5 Å². The average Bonchev–Trinajstić information content (AvgIpc) is 3.10. The molecule has 0 bridgehead atoms. The first-order chi connectivity index (χ1) is 16.3. The van der Waals surface area contributed by atoms with Gasteiger partial charge in [0.2, 0.25) is 0 Å². The van der Waals surface area contributed by atoms with Gasteiger partial charge in [0, 0.05) is 23.7 Å². The second-order valence-corrected chi connectivity index (χ2v) is 10.4. The SMILES string of the molecule is COc1cc(C(=O)N2c3cccc(/C=C/C(=O)O)c3CC2(CC(C)C)C(=O)O)ccc1C(C)(C)C. The zero-order chi connectivity index (χ0) is 26.1. The summed E-state index contributed by atoms with van der Waals surface area (Å²) < 4.78 is 5.58. The maximum absolute atomic E-state index is 14.0. The van der Waals surface area contributed by atoms with Crippen molar-refractivity contribution in [1.82, 2.24) is 0 Å². The first-order valence-electron chi connectivity index (χ1n) is 11.6. The molecule has 1 aliphatic rings. The lowest BCUT2D eigenvalue weighted by Crippen LogP contribution is -2.56. The number of hydrogen-bond acceptors (Lipinski definition) is 4. The summed E-state index contributed by atoms with van der Waals surface area (Å²) in [7, 11) is 1.55. The second kappa shape index (κ2) is 9.56. The number of hydrogen-bond donors (Lipinski definition) is 2. The van der Waals surface area contributed by atoms with Gasteiger partial charge in [0.25, 0.3) is 5.91 Å². The molecule has 0 spiro atoms. The Balaban J connectivity index is 2.22. The van der Waals surface area contributed by atoms with Crippen molar-refractivity contribution in [3.05, 3.63) is 64.7 Å². The molecular formula is C28H33NO6. The van der Waals surface area contributed by atoms with E-state index in [2.05, 4.69) is 0 Å². The normalized spacial score (nSPS) is 17.6. The second-order valence-electron chi connectivity index (χ2n) is 10.4. The number of carboxylic acids is 2. The molecule has 1 aliphatic heterocycles. The minimum Gasteiger partial charge on any atom is -0.496 e. The van der Waals surface area contributed by atoms with E-state index in [0.29, 0.717) is 28.1 Å². The van der Waals surface area contributed by atoms with E-state index in [4.69, 9.17) is 9.84 Å². The number of carbonyl (C=O) groups excluding carboxylic acids is 1. The van der Waals surface area contributed by atoms with Crippen molar-refractivity contribution in [2.45, 2.75) is 58.4 Å². The predicted octanol–water partition coefficient (Wildman–Crippen LogP) is 5.16. The van der Waals surface area contributed by atoms with Gasteiger partial charge in [-0.15, -0.1) is 0 Å². The van der Waals surface area contributed by atoms with Crippen LogP contribution >= 0.6 is 0 Å². The molecule has 0 aromatic heterocycles. The van der Waals surface area contributed by atoms with Crippen LogP contribution in [0.3, 0.4) is 0 Å². The molecule has 7 nitrogen and oxygen atoms in total. The number of carboxylic acid groups (broad SMARTS) is 2. The quantitative estimate of drug-likeness (QED) is 0.532. The highest BCUT2D eigenvalue weighted by Gasteiger charge is 2.53. The molecule has 35 heavy (non-hydrogen) atoms. The van der Waals surface area contributed by atoms with Gasteiger partial charge in [0.1, 0.15) is 11.3 Å².